The predicted octanol–water partition coefficient (Wildman–Crippen LogP) is 7.14. The highest BCUT2D eigenvalue weighted by molar-refractivity contribution is 5.98. The van der Waals surface area contributed by atoms with Crippen LogP contribution < -0.4 is 16.1 Å². The fourth-order valence-corrected chi connectivity index (χ4v) is 4.86. The third kappa shape index (κ3) is 5.32. The van der Waals surface area contributed by atoms with Gasteiger partial charge in [0.25, 0.3) is 5.91 Å². The first-order valence-corrected chi connectivity index (χ1v) is 13.0. The van der Waals surface area contributed by atoms with Crippen molar-refractivity contribution in [2.45, 2.75) is 39.8 Å². The quantitative estimate of drug-likeness (QED) is 0.240. The molecule has 0 saturated heterocycles. The molecule has 0 fully saturated rings. The Balaban J connectivity index is 1.50. The number of fused-ring (bicyclic) bond motifs is 1. The third-order valence-corrected chi connectivity index (χ3v) is 6.94. The number of anilines is 1. The number of hydrogen-bond acceptors (Lipinski definition) is 5. The Hall–Kier alpha value is -4.71. The zero-order valence-electron chi connectivity index (χ0n) is 22.5. The normalized spacial score (nSPS) is 12.6. The molecule has 6 heteroatoms. The highest BCUT2D eigenvalue weighted by atomic mass is 16.3. The number of amides is 1. The number of carbonyl (C=O) groups is 1. The summed E-state index contributed by atoms with van der Waals surface area (Å²) in [5.74, 6) is 0.283. The molecule has 1 amide bonds. The van der Waals surface area contributed by atoms with E-state index in [2.05, 4.69) is 15.6 Å². The molecule has 0 aliphatic rings. The second-order valence-corrected chi connectivity index (χ2v) is 9.85. The molecule has 2 atom stereocenters. The zero-order valence-corrected chi connectivity index (χ0v) is 22.5. The van der Waals surface area contributed by atoms with Gasteiger partial charge in [0.2, 0.25) is 0 Å². The van der Waals surface area contributed by atoms with Crippen molar-refractivity contribution in [2.75, 3.05) is 5.32 Å². The number of benzene rings is 3. The lowest BCUT2D eigenvalue weighted by Gasteiger charge is -2.21. The molecule has 0 aliphatic carbocycles. The van der Waals surface area contributed by atoms with Crippen LogP contribution in [0.4, 0.5) is 5.69 Å². The largest absolute Gasteiger partial charge is 0.455 e. The lowest BCUT2D eigenvalue weighted by molar-refractivity contribution is 0.0935. The molecule has 0 radical (unpaired) electrons. The predicted molar refractivity (Wildman–Crippen MR) is 156 cm³/mol. The first kappa shape index (κ1) is 25.9. The standard InChI is InChI=1S/C33H31N3O3/c1-20-18-26(32-27(19-20)30(37)21(2)31(39-32)25-14-9-6-10-15-25)23(4)35-28-16-11-17-34-29(28)33(38)36-22(3)24-12-7-5-8-13-24/h5-19,22-23,35H,1-4H3,(H,36,38). The van der Waals surface area contributed by atoms with Gasteiger partial charge in [0.1, 0.15) is 11.3 Å². The van der Waals surface area contributed by atoms with E-state index in [4.69, 9.17) is 4.42 Å². The summed E-state index contributed by atoms with van der Waals surface area (Å²) >= 11 is 0. The van der Waals surface area contributed by atoms with Crippen LogP contribution in [0.5, 0.6) is 0 Å². The number of hydrogen-bond donors (Lipinski definition) is 2. The van der Waals surface area contributed by atoms with Crippen molar-refractivity contribution in [3.8, 4) is 11.3 Å². The molecule has 2 heterocycles. The maximum atomic E-state index is 13.4. The maximum absolute atomic E-state index is 13.4. The summed E-state index contributed by atoms with van der Waals surface area (Å²) < 4.78 is 6.45. The molecule has 6 nitrogen and oxygen atoms in total. The van der Waals surface area contributed by atoms with E-state index in [0.717, 1.165) is 22.3 Å². The fraction of sp³-hybridized carbons (Fsp3) is 0.182. The highest BCUT2D eigenvalue weighted by Crippen LogP contribution is 2.32. The molecule has 196 valence electrons. The Morgan fingerprint density at radius 1 is 0.872 bits per heavy atom. The van der Waals surface area contributed by atoms with Gasteiger partial charge in [0, 0.05) is 22.9 Å². The maximum Gasteiger partial charge on any atom is 0.272 e. The van der Waals surface area contributed by atoms with Crippen LogP contribution in [0.1, 0.15) is 58.7 Å². The van der Waals surface area contributed by atoms with Gasteiger partial charge in [-0.2, -0.15) is 0 Å². The van der Waals surface area contributed by atoms with Gasteiger partial charge >= 0.3 is 0 Å². The molecule has 5 aromatic rings. The summed E-state index contributed by atoms with van der Waals surface area (Å²) in [6, 6.07) is 26.5. The Labute approximate surface area is 227 Å². The summed E-state index contributed by atoms with van der Waals surface area (Å²) in [4.78, 5) is 31.1. The van der Waals surface area contributed by atoms with E-state index in [0.29, 0.717) is 33.7 Å². The van der Waals surface area contributed by atoms with Crippen molar-refractivity contribution < 1.29 is 9.21 Å². The Morgan fingerprint density at radius 3 is 2.28 bits per heavy atom. The number of rotatable bonds is 7. The average Bonchev–Trinajstić information content (AvgIpc) is 2.96. The molecule has 39 heavy (non-hydrogen) atoms. The second kappa shape index (κ2) is 11.0. The van der Waals surface area contributed by atoms with Gasteiger partial charge in [-0.3, -0.25) is 9.59 Å². The summed E-state index contributed by atoms with van der Waals surface area (Å²) in [6.45, 7) is 7.69. The van der Waals surface area contributed by atoms with Crippen molar-refractivity contribution in [1.29, 1.82) is 0 Å². The van der Waals surface area contributed by atoms with Gasteiger partial charge in [-0.05, 0) is 57.0 Å². The monoisotopic (exact) mass is 517 g/mol. The van der Waals surface area contributed by atoms with E-state index in [1.165, 1.54) is 0 Å². The van der Waals surface area contributed by atoms with Gasteiger partial charge in [-0.1, -0.05) is 66.7 Å². The van der Waals surface area contributed by atoms with Gasteiger partial charge in [0.05, 0.1) is 23.2 Å². The van der Waals surface area contributed by atoms with E-state index in [1.807, 2.05) is 99.6 Å². The fourth-order valence-electron chi connectivity index (χ4n) is 4.86. The van der Waals surface area contributed by atoms with E-state index in [1.54, 1.807) is 19.2 Å². The van der Waals surface area contributed by atoms with Gasteiger partial charge in [0.15, 0.2) is 11.1 Å². The molecule has 2 unspecified atom stereocenters. The topological polar surface area (TPSA) is 84.2 Å². The minimum atomic E-state index is -0.288. The molecular formula is C33H31N3O3. The Bertz CT molecular complexity index is 1700. The lowest BCUT2D eigenvalue weighted by Crippen LogP contribution is -2.28. The SMILES string of the molecule is Cc1cc(C(C)Nc2cccnc2C(=O)NC(C)c2ccccc2)c2oc(-c3ccccc3)c(C)c(=O)c2c1. The number of nitrogens with one attached hydrogen (secondary N) is 2. The van der Waals surface area contributed by atoms with Gasteiger partial charge in [-0.25, -0.2) is 4.98 Å². The van der Waals surface area contributed by atoms with Crippen LogP contribution in [0.2, 0.25) is 0 Å². The minimum Gasteiger partial charge on any atom is -0.455 e. The van der Waals surface area contributed by atoms with Crippen molar-refractivity contribution >= 4 is 22.6 Å². The number of nitrogens with zero attached hydrogens (tertiary/aromatic N) is 1. The third-order valence-electron chi connectivity index (χ3n) is 6.94. The van der Waals surface area contributed by atoms with Crippen LogP contribution in [-0.4, -0.2) is 10.9 Å². The molecule has 3 aromatic carbocycles. The molecule has 0 spiro atoms. The van der Waals surface area contributed by atoms with Crippen LogP contribution in [-0.2, 0) is 0 Å². The zero-order chi connectivity index (χ0) is 27.5. The number of carbonyl (C=O) groups excluding carboxylic acids is 1. The van der Waals surface area contributed by atoms with Gasteiger partial charge < -0.3 is 15.1 Å². The Morgan fingerprint density at radius 2 is 1.56 bits per heavy atom. The van der Waals surface area contributed by atoms with Crippen LogP contribution >= 0.6 is 0 Å². The molecular weight excluding hydrogens is 486 g/mol. The van der Waals surface area contributed by atoms with Crippen molar-refractivity contribution in [3.05, 3.63) is 129 Å². The molecule has 0 saturated carbocycles. The summed E-state index contributed by atoms with van der Waals surface area (Å²) in [7, 11) is 0. The number of aryl methyl sites for hydroxylation is 1. The summed E-state index contributed by atoms with van der Waals surface area (Å²) in [5.41, 5.74) is 5.57. The molecule has 0 bridgehead atoms. The van der Waals surface area contributed by atoms with Crippen LogP contribution in [0.3, 0.4) is 0 Å². The van der Waals surface area contributed by atoms with E-state index >= 15 is 0 Å². The average molecular weight is 518 g/mol. The van der Waals surface area contributed by atoms with Crippen molar-refractivity contribution in [1.82, 2.24) is 10.3 Å². The van der Waals surface area contributed by atoms with E-state index in [9.17, 15) is 9.59 Å². The molecule has 2 N–H and O–H groups in total. The number of aromatic nitrogens is 1. The van der Waals surface area contributed by atoms with Crippen molar-refractivity contribution in [3.63, 3.8) is 0 Å². The summed E-state index contributed by atoms with van der Waals surface area (Å²) in [5, 5.41) is 7.03. The lowest BCUT2D eigenvalue weighted by atomic mass is 9.98. The van der Waals surface area contributed by atoms with Crippen LogP contribution in [0.15, 0.2) is 100 Å². The van der Waals surface area contributed by atoms with E-state index in [-0.39, 0.29) is 23.4 Å². The van der Waals surface area contributed by atoms with Gasteiger partial charge in [-0.15, -0.1) is 0 Å². The Kier molecular flexibility index (Phi) is 7.28. The van der Waals surface area contributed by atoms with Crippen molar-refractivity contribution in [2.24, 2.45) is 0 Å². The van der Waals surface area contributed by atoms with E-state index < -0.39 is 0 Å². The summed E-state index contributed by atoms with van der Waals surface area (Å²) in [6.07, 6.45) is 1.61. The van der Waals surface area contributed by atoms with Crippen LogP contribution in [0.25, 0.3) is 22.3 Å². The van der Waals surface area contributed by atoms with Crippen LogP contribution in [0, 0.1) is 13.8 Å². The molecule has 2 aromatic heterocycles. The minimum absolute atomic E-state index is 0.0522. The first-order valence-electron chi connectivity index (χ1n) is 13.0. The number of pyridine rings is 1. The smallest absolute Gasteiger partial charge is 0.272 e. The highest BCUT2D eigenvalue weighted by Gasteiger charge is 2.21. The molecule has 5 rings (SSSR count). The first-order chi connectivity index (χ1) is 18.8. The second-order valence-electron chi connectivity index (χ2n) is 9.85. The molecule has 0 aliphatic heterocycles.